The molecule has 0 saturated carbocycles. The summed E-state index contributed by atoms with van der Waals surface area (Å²) < 4.78 is 6.55. The third-order valence-electron chi connectivity index (χ3n) is 11.2. The zero-order valence-electron chi connectivity index (χ0n) is 30.6. The van der Waals surface area contributed by atoms with E-state index in [1.54, 1.807) is 0 Å². The van der Waals surface area contributed by atoms with Gasteiger partial charge < -0.3 is 9.32 Å². The van der Waals surface area contributed by atoms with Crippen LogP contribution in [0.2, 0.25) is 0 Å². The molecule has 0 aliphatic carbocycles. The minimum absolute atomic E-state index is 0.882. The molecule has 0 amide bonds. The van der Waals surface area contributed by atoms with E-state index >= 15 is 0 Å². The summed E-state index contributed by atoms with van der Waals surface area (Å²) >= 11 is 0. The first-order chi connectivity index (χ1) is 27.7. The highest BCUT2D eigenvalue weighted by atomic mass is 16.3. The smallest absolute Gasteiger partial charge is 0.136 e. The highest BCUT2D eigenvalue weighted by Crippen LogP contribution is 2.46. The zero-order chi connectivity index (χ0) is 37.0. The highest BCUT2D eigenvalue weighted by Gasteiger charge is 2.21. The maximum atomic E-state index is 6.55. The van der Waals surface area contributed by atoms with Gasteiger partial charge in [0.1, 0.15) is 11.2 Å². The summed E-state index contributed by atoms with van der Waals surface area (Å²) in [5, 5.41) is 9.68. The quantitative estimate of drug-likeness (QED) is 0.160. The van der Waals surface area contributed by atoms with Crippen molar-refractivity contribution in [1.82, 2.24) is 0 Å². The first-order valence-electron chi connectivity index (χ1n) is 19.2. The predicted molar refractivity (Wildman–Crippen MR) is 237 cm³/mol. The molecular weight excluding hydrogens is 679 g/mol. The van der Waals surface area contributed by atoms with Crippen LogP contribution in [0.3, 0.4) is 0 Å². The van der Waals surface area contributed by atoms with Crippen molar-refractivity contribution in [1.29, 1.82) is 0 Å². The highest BCUT2D eigenvalue weighted by molar-refractivity contribution is 6.16. The summed E-state index contributed by atoms with van der Waals surface area (Å²) in [5.74, 6) is 0. The summed E-state index contributed by atoms with van der Waals surface area (Å²) in [6, 6.07) is 76.5. The van der Waals surface area contributed by atoms with Crippen molar-refractivity contribution in [2.75, 3.05) is 4.90 Å². The Morgan fingerprint density at radius 2 is 0.929 bits per heavy atom. The summed E-state index contributed by atoms with van der Waals surface area (Å²) in [6.07, 6.45) is 0. The van der Waals surface area contributed by atoms with Crippen LogP contribution in [0.25, 0.3) is 87.6 Å². The molecule has 2 heteroatoms. The maximum Gasteiger partial charge on any atom is 0.136 e. The number of hydrogen-bond donors (Lipinski definition) is 0. The minimum atomic E-state index is 0.882. The number of para-hydroxylation sites is 1. The van der Waals surface area contributed by atoms with Crippen LogP contribution < -0.4 is 4.90 Å². The van der Waals surface area contributed by atoms with E-state index in [1.807, 2.05) is 0 Å². The van der Waals surface area contributed by atoms with Gasteiger partial charge in [-0.1, -0.05) is 158 Å². The summed E-state index contributed by atoms with van der Waals surface area (Å²) in [5.41, 5.74) is 12.0. The second kappa shape index (κ2) is 13.2. The van der Waals surface area contributed by atoms with Gasteiger partial charge in [-0.15, -0.1) is 0 Å². The second-order valence-electron chi connectivity index (χ2n) is 14.5. The molecule has 0 radical (unpaired) electrons. The largest absolute Gasteiger partial charge is 0.456 e. The van der Waals surface area contributed by atoms with Crippen molar-refractivity contribution in [2.24, 2.45) is 0 Å². The summed E-state index contributed by atoms with van der Waals surface area (Å²) in [6.45, 7) is 0. The van der Waals surface area contributed by atoms with Gasteiger partial charge in [-0.05, 0) is 115 Å². The van der Waals surface area contributed by atoms with Gasteiger partial charge in [-0.3, -0.25) is 0 Å². The van der Waals surface area contributed by atoms with E-state index in [9.17, 15) is 0 Å². The lowest BCUT2D eigenvalue weighted by Crippen LogP contribution is -2.11. The molecule has 0 saturated heterocycles. The molecule has 0 fully saturated rings. The van der Waals surface area contributed by atoms with Crippen LogP contribution in [0.15, 0.2) is 217 Å². The molecule has 0 spiro atoms. The topological polar surface area (TPSA) is 16.4 Å². The Hall–Kier alpha value is -7.42. The Kier molecular flexibility index (Phi) is 7.53. The Morgan fingerprint density at radius 3 is 1.80 bits per heavy atom. The number of furan rings is 1. The van der Waals surface area contributed by atoms with Gasteiger partial charge in [0.15, 0.2) is 0 Å². The maximum absolute atomic E-state index is 6.55. The van der Waals surface area contributed by atoms with Crippen molar-refractivity contribution in [3.05, 3.63) is 212 Å². The molecule has 0 bridgehead atoms. The fourth-order valence-corrected chi connectivity index (χ4v) is 8.51. The fourth-order valence-electron chi connectivity index (χ4n) is 8.51. The van der Waals surface area contributed by atoms with Gasteiger partial charge in [-0.2, -0.15) is 0 Å². The lowest BCUT2D eigenvalue weighted by molar-refractivity contribution is 0.669. The third-order valence-corrected chi connectivity index (χ3v) is 11.2. The third kappa shape index (κ3) is 5.42. The normalized spacial score (nSPS) is 11.6. The van der Waals surface area contributed by atoms with Crippen LogP contribution in [-0.2, 0) is 0 Å². The first-order valence-corrected chi connectivity index (χ1v) is 19.2. The van der Waals surface area contributed by atoms with Gasteiger partial charge in [0.2, 0.25) is 0 Å². The Morgan fingerprint density at radius 1 is 0.304 bits per heavy atom. The fraction of sp³-hybridized carbons (Fsp3) is 0. The Balaban J connectivity index is 1.08. The SMILES string of the molecule is c1ccc(-c2cccc(N(c3ccc(-c4ccc5c(ccc6ccccc65)c4)cc3)c3ccccc3-c3cccc4oc5cc6ccccc6cc5c34)c2)cc1. The predicted octanol–water partition coefficient (Wildman–Crippen LogP) is 15.5. The average molecular weight is 714 g/mol. The molecular formula is C54H35NO. The monoisotopic (exact) mass is 713 g/mol. The van der Waals surface area contributed by atoms with Crippen LogP contribution in [0.5, 0.6) is 0 Å². The molecule has 1 aromatic heterocycles. The van der Waals surface area contributed by atoms with Crippen molar-refractivity contribution in [3.63, 3.8) is 0 Å². The molecule has 262 valence electrons. The summed E-state index contributed by atoms with van der Waals surface area (Å²) in [7, 11) is 0. The molecule has 0 N–H and O–H groups in total. The molecule has 11 aromatic rings. The Bertz CT molecular complexity index is 3250. The van der Waals surface area contributed by atoms with Crippen molar-refractivity contribution >= 4 is 71.3 Å². The van der Waals surface area contributed by atoms with E-state index in [-0.39, 0.29) is 0 Å². The van der Waals surface area contributed by atoms with Crippen LogP contribution >= 0.6 is 0 Å². The molecule has 1 heterocycles. The lowest BCUT2D eigenvalue weighted by Gasteiger charge is -2.28. The van der Waals surface area contributed by atoms with Crippen LogP contribution in [0.4, 0.5) is 17.1 Å². The van der Waals surface area contributed by atoms with E-state index in [0.717, 1.165) is 50.1 Å². The van der Waals surface area contributed by atoms with Gasteiger partial charge in [0, 0.05) is 27.7 Å². The van der Waals surface area contributed by atoms with Crippen LogP contribution in [-0.4, -0.2) is 0 Å². The number of nitrogens with zero attached hydrogens (tertiary/aromatic N) is 1. The first kappa shape index (κ1) is 32.0. The number of benzene rings is 10. The molecule has 2 nitrogen and oxygen atoms in total. The summed E-state index contributed by atoms with van der Waals surface area (Å²) in [4.78, 5) is 2.40. The molecule has 0 unspecified atom stereocenters. The number of anilines is 3. The van der Waals surface area contributed by atoms with Gasteiger partial charge in [0.05, 0.1) is 5.69 Å². The minimum Gasteiger partial charge on any atom is -0.456 e. The lowest BCUT2D eigenvalue weighted by atomic mass is 9.95. The molecule has 10 aromatic carbocycles. The standard InChI is InChI=1S/C54H35NO/c1-2-12-36(13-3-1)39-17-10-18-45(33-39)55(44-29-26-37(27-30-44)42-28-31-47-43(32-42)25-24-38-14-6-7-19-46(38)47)51-22-9-8-20-48(51)49-21-11-23-52-54(49)50-34-40-15-4-5-16-41(40)35-53(50)56-52/h1-35H. The molecule has 0 aliphatic rings. The molecule has 56 heavy (non-hydrogen) atoms. The molecule has 11 rings (SSSR count). The molecule has 0 atom stereocenters. The zero-order valence-corrected chi connectivity index (χ0v) is 30.6. The van der Waals surface area contributed by atoms with Crippen LogP contribution in [0.1, 0.15) is 0 Å². The van der Waals surface area contributed by atoms with E-state index in [1.165, 1.54) is 54.6 Å². The van der Waals surface area contributed by atoms with Crippen molar-refractivity contribution in [3.8, 4) is 33.4 Å². The Labute approximate surface area is 325 Å². The number of hydrogen-bond acceptors (Lipinski definition) is 2. The van der Waals surface area contributed by atoms with Gasteiger partial charge >= 0.3 is 0 Å². The number of rotatable bonds is 6. The second-order valence-corrected chi connectivity index (χ2v) is 14.5. The average Bonchev–Trinajstić information content (AvgIpc) is 3.64. The van der Waals surface area contributed by atoms with E-state index < -0.39 is 0 Å². The van der Waals surface area contributed by atoms with Crippen LogP contribution in [0, 0.1) is 0 Å². The van der Waals surface area contributed by atoms with Gasteiger partial charge in [0.25, 0.3) is 0 Å². The van der Waals surface area contributed by atoms with E-state index in [0.29, 0.717) is 0 Å². The van der Waals surface area contributed by atoms with Crippen molar-refractivity contribution in [2.45, 2.75) is 0 Å². The number of fused-ring (bicyclic) bond motifs is 7. The van der Waals surface area contributed by atoms with E-state index in [2.05, 4.69) is 217 Å². The van der Waals surface area contributed by atoms with Crippen molar-refractivity contribution < 1.29 is 4.42 Å². The molecule has 0 aliphatic heterocycles. The van der Waals surface area contributed by atoms with Gasteiger partial charge in [-0.25, -0.2) is 0 Å². The van der Waals surface area contributed by atoms with E-state index in [4.69, 9.17) is 4.42 Å².